The Hall–Kier alpha value is -1.85. The second-order valence-electron chi connectivity index (χ2n) is 3.19. The smallest absolute Gasteiger partial charge is 0.320 e. The normalized spacial score (nSPS) is 10.7. The van der Waals surface area contributed by atoms with Crippen LogP contribution in [-0.4, -0.2) is 33.2 Å². The zero-order valence-corrected chi connectivity index (χ0v) is 10.8. The van der Waals surface area contributed by atoms with Gasteiger partial charge >= 0.3 is 11.9 Å². The first kappa shape index (κ1) is 16.1. The van der Waals surface area contributed by atoms with Crippen molar-refractivity contribution in [3.8, 4) is 6.07 Å². The van der Waals surface area contributed by atoms with Gasteiger partial charge in [0.25, 0.3) is 0 Å². The number of aromatic nitrogens is 1. The minimum absolute atomic E-state index is 0.0231. The first-order chi connectivity index (χ1) is 8.38. The molecule has 0 bridgehead atoms. The van der Waals surface area contributed by atoms with Crippen LogP contribution < -0.4 is 5.73 Å². The lowest BCUT2D eigenvalue weighted by molar-refractivity contribution is -0.139. The number of halogens is 1. The van der Waals surface area contributed by atoms with E-state index in [0.29, 0.717) is 5.69 Å². The van der Waals surface area contributed by atoms with E-state index in [1.165, 1.54) is 0 Å². The Labute approximate surface area is 111 Å². The minimum Gasteiger partial charge on any atom is -0.481 e. The second-order valence-corrected chi connectivity index (χ2v) is 4.04. The number of hydrogen-bond donors (Lipinski definition) is 4. The van der Waals surface area contributed by atoms with Gasteiger partial charge in [0, 0.05) is 12.6 Å². The summed E-state index contributed by atoms with van der Waals surface area (Å²) in [6.45, 7) is 0. The van der Waals surface area contributed by atoms with E-state index in [2.05, 4.69) is 20.9 Å². The molecule has 1 unspecified atom stereocenters. The summed E-state index contributed by atoms with van der Waals surface area (Å²) in [5, 5.41) is 24.6. The minimum atomic E-state index is -1.17. The number of carboxylic acids is 2. The van der Waals surface area contributed by atoms with Gasteiger partial charge in [-0.25, -0.2) is 0 Å². The van der Waals surface area contributed by atoms with Gasteiger partial charge in [-0.1, -0.05) is 0 Å². The highest BCUT2D eigenvalue weighted by Gasteiger charge is 2.12. The fourth-order valence-corrected chi connectivity index (χ4v) is 1.17. The molecule has 0 saturated heterocycles. The van der Waals surface area contributed by atoms with E-state index in [0.717, 1.165) is 4.47 Å². The number of nitrogens with zero attached hydrogens (tertiary/aromatic N) is 1. The summed E-state index contributed by atoms with van der Waals surface area (Å²) in [7, 11) is 0. The molecule has 0 amide bonds. The highest BCUT2D eigenvalue weighted by Crippen LogP contribution is 2.11. The highest BCUT2D eigenvalue weighted by molar-refractivity contribution is 9.10. The maximum absolute atomic E-state index is 9.99. The van der Waals surface area contributed by atoms with Crippen LogP contribution in [0.5, 0.6) is 0 Å². The quantitative estimate of drug-likeness (QED) is 0.650. The van der Waals surface area contributed by atoms with E-state index >= 15 is 0 Å². The number of carbonyl (C=O) groups is 2. The molecular weight excluding hydrogens is 306 g/mol. The molecule has 0 aliphatic carbocycles. The van der Waals surface area contributed by atoms with Gasteiger partial charge in [0.05, 0.1) is 4.47 Å². The van der Waals surface area contributed by atoms with Crippen LogP contribution in [0.3, 0.4) is 0 Å². The predicted molar refractivity (Wildman–Crippen MR) is 65.7 cm³/mol. The molecular formula is C10H12BrN3O4. The highest BCUT2D eigenvalue weighted by atomic mass is 79.9. The summed E-state index contributed by atoms with van der Waals surface area (Å²) in [5.74, 6) is -2.20. The summed E-state index contributed by atoms with van der Waals surface area (Å²) in [6, 6.07) is 2.70. The molecule has 7 nitrogen and oxygen atoms in total. The van der Waals surface area contributed by atoms with Crippen LogP contribution in [0.15, 0.2) is 16.7 Å². The average Bonchev–Trinajstić information content (AvgIpc) is 2.72. The molecule has 1 heterocycles. The van der Waals surface area contributed by atoms with Gasteiger partial charge in [0.2, 0.25) is 0 Å². The van der Waals surface area contributed by atoms with Crippen molar-refractivity contribution in [1.82, 2.24) is 4.98 Å². The standard InChI is InChI=1S/C5H3BrN2.C5H9NO4/c6-4-1-2-8-5(4)3-7;6-3(5(9)10)1-2-4(7)8/h1-2,8H;3H,1-2,6H2,(H,7,8)(H,9,10). The van der Waals surface area contributed by atoms with Crippen molar-refractivity contribution in [1.29, 1.82) is 5.26 Å². The first-order valence-electron chi connectivity index (χ1n) is 4.81. The molecule has 1 atom stereocenters. The summed E-state index contributed by atoms with van der Waals surface area (Å²) < 4.78 is 0.819. The number of aliphatic carboxylic acids is 2. The maximum atomic E-state index is 9.99. The Balaban J connectivity index is 0.000000327. The van der Waals surface area contributed by atoms with Crippen LogP contribution >= 0.6 is 15.9 Å². The third kappa shape index (κ3) is 6.67. The molecule has 0 aliphatic heterocycles. The van der Waals surface area contributed by atoms with E-state index < -0.39 is 18.0 Å². The Morgan fingerprint density at radius 1 is 1.56 bits per heavy atom. The topological polar surface area (TPSA) is 140 Å². The molecule has 0 spiro atoms. The Morgan fingerprint density at radius 3 is 2.44 bits per heavy atom. The van der Waals surface area contributed by atoms with Crippen molar-refractivity contribution >= 4 is 27.9 Å². The molecule has 1 aromatic heterocycles. The largest absolute Gasteiger partial charge is 0.481 e. The van der Waals surface area contributed by atoms with Gasteiger partial charge < -0.3 is 20.9 Å². The number of carboxylic acid groups (broad SMARTS) is 2. The van der Waals surface area contributed by atoms with Crippen LogP contribution in [0.1, 0.15) is 18.5 Å². The van der Waals surface area contributed by atoms with Gasteiger partial charge in [-0.3, -0.25) is 9.59 Å². The van der Waals surface area contributed by atoms with E-state index in [1.54, 1.807) is 12.3 Å². The van der Waals surface area contributed by atoms with Crippen LogP contribution in [0.4, 0.5) is 0 Å². The lowest BCUT2D eigenvalue weighted by Crippen LogP contribution is -2.30. The van der Waals surface area contributed by atoms with Gasteiger partial charge in [-0.15, -0.1) is 0 Å². The van der Waals surface area contributed by atoms with Crippen molar-refractivity contribution in [3.63, 3.8) is 0 Å². The summed E-state index contributed by atoms with van der Waals surface area (Å²) >= 11 is 3.17. The summed E-state index contributed by atoms with van der Waals surface area (Å²) in [4.78, 5) is 22.6. The molecule has 18 heavy (non-hydrogen) atoms. The molecule has 0 aromatic carbocycles. The van der Waals surface area contributed by atoms with Gasteiger partial charge in [-0.05, 0) is 28.4 Å². The SMILES string of the molecule is N#Cc1[nH]ccc1Br.NC(CCC(=O)O)C(=O)O. The Morgan fingerprint density at radius 2 is 2.17 bits per heavy atom. The van der Waals surface area contributed by atoms with Gasteiger partial charge in [0.1, 0.15) is 17.8 Å². The van der Waals surface area contributed by atoms with Crippen LogP contribution in [0.25, 0.3) is 0 Å². The van der Waals surface area contributed by atoms with Gasteiger partial charge in [-0.2, -0.15) is 5.26 Å². The number of H-pyrrole nitrogens is 1. The molecule has 1 rings (SSSR count). The molecule has 98 valence electrons. The van der Waals surface area contributed by atoms with E-state index in [1.807, 2.05) is 6.07 Å². The Bertz CT molecular complexity index is 452. The summed E-state index contributed by atoms with van der Waals surface area (Å²) in [6.07, 6.45) is 1.49. The van der Waals surface area contributed by atoms with Crippen molar-refractivity contribution in [2.24, 2.45) is 5.73 Å². The molecule has 5 N–H and O–H groups in total. The average molecular weight is 318 g/mol. The summed E-state index contributed by atoms with van der Waals surface area (Å²) in [5.41, 5.74) is 5.58. The van der Waals surface area contributed by atoms with Crippen LogP contribution in [-0.2, 0) is 9.59 Å². The van der Waals surface area contributed by atoms with Crippen LogP contribution in [0, 0.1) is 11.3 Å². The number of hydrogen-bond acceptors (Lipinski definition) is 4. The predicted octanol–water partition coefficient (Wildman–Crippen LogP) is 0.912. The van der Waals surface area contributed by atoms with Crippen molar-refractivity contribution in [3.05, 3.63) is 22.4 Å². The lowest BCUT2D eigenvalue weighted by atomic mass is 10.2. The fraction of sp³-hybridized carbons (Fsp3) is 0.300. The number of nitriles is 1. The molecule has 0 fully saturated rings. The molecule has 0 saturated carbocycles. The van der Waals surface area contributed by atoms with Crippen LogP contribution in [0.2, 0.25) is 0 Å². The number of nitrogens with two attached hydrogens (primary N) is 1. The van der Waals surface area contributed by atoms with Crippen molar-refractivity contribution < 1.29 is 19.8 Å². The number of rotatable bonds is 4. The first-order valence-corrected chi connectivity index (χ1v) is 5.61. The third-order valence-corrected chi connectivity index (χ3v) is 2.46. The molecule has 0 radical (unpaired) electrons. The van der Waals surface area contributed by atoms with E-state index in [-0.39, 0.29) is 12.8 Å². The lowest BCUT2D eigenvalue weighted by Gasteiger charge is -2.01. The molecule has 0 aliphatic rings. The fourth-order valence-electron chi connectivity index (χ4n) is 0.839. The zero-order valence-electron chi connectivity index (χ0n) is 9.26. The van der Waals surface area contributed by atoms with Crippen molar-refractivity contribution in [2.75, 3.05) is 0 Å². The zero-order chi connectivity index (χ0) is 14.1. The maximum Gasteiger partial charge on any atom is 0.320 e. The monoisotopic (exact) mass is 317 g/mol. The molecule has 1 aromatic rings. The number of aromatic amines is 1. The Kier molecular flexibility index (Phi) is 7.42. The van der Waals surface area contributed by atoms with E-state index in [9.17, 15) is 9.59 Å². The third-order valence-electron chi connectivity index (χ3n) is 1.79. The second kappa shape index (κ2) is 8.27. The van der Waals surface area contributed by atoms with E-state index in [4.69, 9.17) is 21.2 Å². The van der Waals surface area contributed by atoms with Gasteiger partial charge in [0.15, 0.2) is 0 Å². The van der Waals surface area contributed by atoms with Crippen molar-refractivity contribution in [2.45, 2.75) is 18.9 Å². The number of nitrogens with one attached hydrogen (secondary N) is 1. The molecule has 8 heteroatoms.